The standard InChI is InChI=1S/C24H20BrClN2O6/c1-31-20-11-15(12-21(32-2)22(20)33-3)23(29)28-27-13-16-10-17(25)6-9-19(16)34-24(30)14-4-7-18(26)8-5-14/h4-13H,1-3H3,(H,28,29)/b27-13+. The lowest BCUT2D eigenvalue weighted by atomic mass is 10.1. The van der Waals surface area contributed by atoms with E-state index < -0.39 is 11.9 Å². The summed E-state index contributed by atoms with van der Waals surface area (Å²) in [5.74, 6) is 0.222. The Morgan fingerprint density at radius 2 is 1.53 bits per heavy atom. The van der Waals surface area contributed by atoms with Crippen LogP contribution in [0, 0.1) is 0 Å². The van der Waals surface area contributed by atoms with Crippen molar-refractivity contribution in [3.05, 3.63) is 80.8 Å². The largest absolute Gasteiger partial charge is 0.493 e. The van der Waals surface area contributed by atoms with Gasteiger partial charge >= 0.3 is 5.97 Å². The van der Waals surface area contributed by atoms with Crippen LogP contribution in [-0.2, 0) is 0 Å². The van der Waals surface area contributed by atoms with Crippen LogP contribution in [0.5, 0.6) is 23.0 Å². The second kappa shape index (κ2) is 11.5. The number of hydrazone groups is 1. The van der Waals surface area contributed by atoms with Crippen LogP contribution in [0.25, 0.3) is 0 Å². The summed E-state index contributed by atoms with van der Waals surface area (Å²) in [4.78, 5) is 25.1. The summed E-state index contributed by atoms with van der Waals surface area (Å²) in [6.45, 7) is 0. The van der Waals surface area contributed by atoms with Gasteiger partial charge in [-0.25, -0.2) is 10.2 Å². The Hall–Kier alpha value is -3.56. The van der Waals surface area contributed by atoms with Crippen LogP contribution in [0.15, 0.2) is 64.2 Å². The summed E-state index contributed by atoms with van der Waals surface area (Å²) in [5.41, 5.74) is 3.48. The Morgan fingerprint density at radius 3 is 2.12 bits per heavy atom. The van der Waals surface area contributed by atoms with E-state index in [1.54, 1.807) is 42.5 Å². The van der Waals surface area contributed by atoms with Crippen molar-refractivity contribution in [3.63, 3.8) is 0 Å². The van der Waals surface area contributed by atoms with E-state index in [-0.39, 0.29) is 11.3 Å². The first-order chi connectivity index (χ1) is 16.4. The fourth-order valence-electron chi connectivity index (χ4n) is 2.90. The molecule has 0 spiro atoms. The van der Waals surface area contributed by atoms with E-state index in [9.17, 15) is 9.59 Å². The minimum Gasteiger partial charge on any atom is -0.493 e. The molecule has 0 aliphatic heterocycles. The van der Waals surface area contributed by atoms with Crippen molar-refractivity contribution in [2.75, 3.05) is 21.3 Å². The normalized spacial score (nSPS) is 10.6. The maximum absolute atomic E-state index is 12.6. The highest BCUT2D eigenvalue weighted by molar-refractivity contribution is 9.10. The maximum atomic E-state index is 12.6. The van der Waals surface area contributed by atoms with Gasteiger partial charge in [-0.15, -0.1) is 0 Å². The number of amides is 1. The third-order valence-corrected chi connectivity index (χ3v) is 5.30. The van der Waals surface area contributed by atoms with E-state index in [2.05, 4.69) is 26.5 Å². The van der Waals surface area contributed by atoms with E-state index in [4.69, 9.17) is 30.5 Å². The SMILES string of the molecule is COc1cc(C(=O)N/N=C/c2cc(Br)ccc2OC(=O)c2ccc(Cl)cc2)cc(OC)c1OC. The van der Waals surface area contributed by atoms with Crippen LogP contribution in [-0.4, -0.2) is 39.4 Å². The number of carbonyl (C=O) groups is 2. The van der Waals surface area contributed by atoms with Crippen molar-refractivity contribution >= 4 is 45.6 Å². The Balaban J connectivity index is 1.78. The lowest BCUT2D eigenvalue weighted by Gasteiger charge is -2.13. The number of halogens is 2. The molecule has 0 atom stereocenters. The van der Waals surface area contributed by atoms with E-state index in [0.29, 0.717) is 33.4 Å². The molecule has 0 saturated heterocycles. The highest BCUT2D eigenvalue weighted by atomic mass is 79.9. The molecule has 0 fully saturated rings. The van der Waals surface area contributed by atoms with Crippen molar-refractivity contribution in [2.45, 2.75) is 0 Å². The van der Waals surface area contributed by atoms with Gasteiger partial charge in [0.2, 0.25) is 5.75 Å². The number of hydrogen-bond donors (Lipinski definition) is 1. The van der Waals surface area contributed by atoms with E-state index in [1.807, 2.05) is 0 Å². The molecule has 8 nitrogen and oxygen atoms in total. The van der Waals surface area contributed by atoms with Crippen LogP contribution in [0.3, 0.4) is 0 Å². The van der Waals surface area contributed by atoms with Crippen molar-refractivity contribution < 1.29 is 28.5 Å². The van der Waals surface area contributed by atoms with Gasteiger partial charge in [-0.3, -0.25) is 4.79 Å². The average Bonchev–Trinajstić information content (AvgIpc) is 2.84. The lowest BCUT2D eigenvalue weighted by molar-refractivity contribution is 0.0734. The molecule has 34 heavy (non-hydrogen) atoms. The summed E-state index contributed by atoms with van der Waals surface area (Å²) < 4.78 is 22.0. The lowest BCUT2D eigenvalue weighted by Crippen LogP contribution is -2.18. The first-order valence-electron chi connectivity index (χ1n) is 9.77. The van der Waals surface area contributed by atoms with Crippen molar-refractivity contribution in [1.29, 1.82) is 0 Å². The number of esters is 1. The molecule has 3 rings (SSSR count). The maximum Gasteiger partial charge on any atom is 0.343 e. The molecule has 0 saturated carbocycles. The van der Waals surface area contributed by atoms with Gasteiger partial charge in [0.05, 0.1) is 33.1 Å². The molecule has 3 aromatic carbocycles. The van der Waals surface area contributed by atoms with Crippen LogP contribution < -0.4 is 24.4 Å². The van der Waals surface area contributed by atoms with Crippen LogP contribution in [0.2, 0.25) is 5.02 Å². The second-order valence-electron chi connectivity index (χ2n) is 6.69. The van der Waals surface area contributed by atoms with Gasteiger partial charge in [0.1, 0.15) is 5.75 Å². The molecule has 3 aromatic rings. The monoisotopic (exact) mass is 546 g/mol. The molecule has 0 heterocycles. The minimum atomic E-state index is -0.560. The summed E-state index contributed by atoms with van der Waals surface area (Å²) in [6.07, 6.45) is 1.37. The van der Waals surface area contributed by atoms with Crippen molar-refractivity contribution in [3.8, 4) is 23.0 Å². The number of carbonyl (C=O) groups excluding carboxylic acids is 2. The summed E-state index contributed by atoms with van der Waals surface area (Å²) in [6, 6.07) is 14.4. The molecular formula is C24H20BrClN2O6. The molecule has 0 radical (unpaired) electrons. The van der Waals surface area contributed by atoms with Gasteiger partial charge in [-0.05, 0) is 54.6 Å². The van der Waals surface area contributed by atoms with E-state index in [0.717, 1.165) is 4.47 Å². The molecule has 10 heteroatoms. The number of nitrogens with one attached hydrogen (secondary N) is 1. The fourth-order valence-corrected chi connectivity index (χ4v) is 3.40. The van der Waals surface area contributed by atoms with Crippen LogP contribution >= 0.6 is 27.5 Å². The number of nitrogens with zero attached hydrogens (tertiary/aromatic N) is 1. The minimum absolute atomic E-state index is 0.246. The zero-order valence-corrected chi connectivity index (χ0v) is 20.8. The highest BCUT2D eigenvalue weighted by Crippen LogP contribution is 2.38. The summed E-state index contributed by atoms with van der Waals surface area (Å²) in [5, 5.41) is 4.51. The number of benzene rings is 3. The first-order valence-corrected chi connectivity index (χ1v) is 10.9. The zero-order valence-electron chi connectivity index (χ0n) is 18.4. The molecule has 0 aliphatic rings. The zero-order chi connectivity index (χ0) is 24.7. The Morgan fingerprint density at radius 1 is 0.882 bits per heavy atom. The molecule has 1 amide bonds. The van der Waals surface area contributed by atoms with E-state index >= 15 is 0 Å². The quantitative estimate of drug-likeness (QED) is 0.182. The van der Waals surface area contributed by atoms with Crippen molar-refractivity contribution in [1.82, 2.24) is 5.43 Å². The topological polar surface area (TPSA) is 95.5 Å². The predicted octanol–water partition coefficient (Wildman–Crippen LogP) is 5.11. The predicted molar refractivity (Wildman–Crippen MR) is 132 cm³/mol. The first kappa shape index (κ1) is 25.1. The third kappa shape index (κ3) is 6.06. The smallest absolute Gasteiger partial charge is 0.343 e. The van der Waals surface area contributed by atoms with Crippen molar-refractivity contribution in [2.24, 2.45) is 5.10 Å². The molecule has 1 N–H and O–H groups in total. The van der Waals surface area contributed by atoms with Gasteiger partial charge in [-0.2, -0.15) is 5.10 Å². The van der Waals surface area contributed by atoms with Gasteiger partial charge < -0.3 is 18.9 Å². The van der Waals surface area contributed by atoms with E-state index in [1.165, 1.54) is 39.7 Å². The third-order valence-electron chi connectivity index (χ3n) is 4.55. The molecule has 0 bridgehead atoms. The van der Waals surface area contributed by atoms with Crippen LogP contribution in [0.4, 0.5) is 0 Å². The highest BCUT2D eigenvalue weighted by Gasteiger charge is 2.17. The molecular weight excluding hydrogens is 528 g/mol. The Kier molecular flexibility index (Phi) is 8.50. The second-order valence-corrected chi connectivity index (χ2v) is 8.04. The summed E-state index contributed by atoms with van der Waals surface area (Å²) >= 11 is 9.24. The Labute approximate surface area is 209 Å². The average molecular weight is 548 g/mol. The summed E-state index contributed by atoms with van der Waals surface area (Å²) in [7, 11) is 4.38. The number of rotatable bonds is 8. The molecule has 0 aromatic heterocycles. The van der Waals surface area contributed by atoms with Gasteiger partial charge in [-0.1, -0.05) is 27.5 Å². The van der Waals surface area contributed by atoms with Gasteiger partial charge in [0.25, 0.3) is 5.91 Å². The molecule has 176 valence electrons. The van der Waals surface area contributed by atoms with Gasteiger partial charge in [0, 0.05) is 20.6 Å². The van der Waals surface area contributed by atoms with Gasteiger partial charge in [0.15, 0.2) is 11.5 Å². The number of ether oxygens (including phenoxy) is 4. The van der Waals surface area contributed by atoms with Crippen LogP contribution in [0.1, 0.15) is 26.3 Å². The fraction of sp³-hybridized carbons (Fsp3) is 0.125. The molecule has 0 unspecified atom stereocenters. The Bertz CT molecular complexity index is 1210. The number of hydrogen-bond acceptors (Lipinski definition) is 7. The number of methoxy groups -OCH3 is 3. The molecule has 0 aliphatic carbocycles.